The van der Waals surface area contributed by atoms with Crippen molar-refractivity contribution in [1.29, 1.82) is 0 Å². The topological polar surface area (TPSA) is 99.8 Å². The van der Waals surface area contributed by atoms with Gasteiger partial charge in [-0.2, -0.15) is 0 Å². The Bertz CT molecular complexity index is 851. The SMILES string of the molecule is CCc1ccc(CN(C)C(=NC)NCc2ccc(C(=O)NCC(N)=O)cc2)cc1.I. The molecule has 0 unspecified atom stereocenters. The summed E-state index contributed by atoms with van der Waals surface area (Å²) in [6.45, 7) is 3.30. The standard InChI is InChI=1S/C22H29N5O2.HI/c1-4-16-5-7-18(8-6-16)15-27(3)22(24-2)26-13-17-9-11-19(12-10-17)21(29)25-14-20(23)28;/h5-12H,4,13-15H2,1-3H3,(H2,23,28)(H,24,26)(H,25,29);1H. The highest BCUT2D eigenvalue weighted by atomic mass is 127. The van der Waals surface area contributed by atoms with E-state index in [0.717, 1.165) is 24.5 Å². The minimum absolute atomic E-state index is 0. The molecule has 0 fully saturated rings. The maximum absolute atomic E-state index is 11.9. The molecule has 0 heterocycles. The molecule has 0 radical (unpaired) electrons. The molecule has 0 aliphatic carbocycles. The summed E-state index contributed by atoms with van der Waals surface area (Å²) in [7, 11) is 3.75. The second kappa shape index (κ2) is 12.8. The van der Waals surface area contributed by atoms with Crippen LogP contribution in [0.4, 0.5) is 0 Å². The van der Waals surface area contributed by atoms with Gasteiger partial charge in [-0.25, -0.2) is 0 Å². The van der Waals surface area contributed by atoms with E-state index in [1.54, 1.807) is 19.2 Å². The molecule has 0 saturated carbocycles. The number of primary amides is 1. The molecule has 2 aromatic carbocycles. The van der Waals surface area contributed by atoms with Crippen molar-refractivity contribution in [3.8, 4) is 0 Å². The Labute approximate surface area is 195 Å². The molecule has 2 rings (SSSR count). The van der Waals surface area contributed by atoms with Crippen LogP contribution in [0.25, 0.3) is 0 Å². The average molecular weight is 523 g/mol. The van der Waals surface area contributed by atoms with Crippen molar-refractivity contribution in [2.24, 2.45) is 10.7 Å². The number of rotatable bonds is 8. The quantitative estimate of drug-likeness (QED) is 0.281. The number of carbonyl (C=O) groups excluding carboxylic acids is 2. The third-order valence-corrected chi connectivity index (χ3v) is 4.51. The summed E-state index contributed by atoms with van der Waals surface area (Å²) in [5.74, 6) is -0.114. The molecule has 0 atom stereocenters. The Morgan fingerprint density at radius 3 is 2.07 bits per heavy atom. The normalized spacial score (nSPS) is 10.7. The fourth-order valence-corrected chi connectivity index (χ4v) is 2.84. The lowest BCUT2D eigenvalue weighted by molar-refractivity contribution is -0.117. The molecule has 0 spiro atoms. The van der Waals surface area contributed by atoms with Gasteiger partial charge in [0.15, 0.2) is 5.96 Å². The van der Waals surface area contributed by atoms with E-state index in [1.165, 1.54) is 11.1 Å². The summed E-state index contributed by atoms with van der Waals surface area (Å²) >= 11 is 0. The zero-order valence-corrected chi connectivity index (χ0v) is 20.0. The highest BCUT2D eigenvalue weighted by Gasteiger charge is 2.09. The van der Waals surface area contributed by atoms with Gasteiger partial charge in [-0.05, 0) is 35.2 Å². The number of halogens is 1. The van der Waals surface area contributed by atoms with Crippen LogP contribution in [0.15, 0.2) is 53.5 Å². The van der Waals surface area contributed by atoms with Crippen molar-refractivity contribution >= 4 is 41.8 Å². The average Bonchev–Trinajstić information content (AvgIpc) is 2.73. The smallest absolute Gasteiger partial charge is 0.251 e. The molecule has 2 aromatic rings. The summed E-state index contributed by atoms with van der Waals surface area (Å²) in [6.07, 6.45) is 1.03. The van der Waals surface area contributed by atoms with E-state index in [0.29, 0.717) is 12.1 Å². The van der Waals surface area contributed by atoms with Gasteiger partial charge in [0.1, 0.15) is 0 Å². The summed E-state index contributed by atoms with van der Waals surface area (Å²) in [5, 5.41) is 5.80. The molecule has 162 valence electrons. The van der Waals surface area contributed by atoms with Gasteiger partial charge in [0.05, 0.1) is 6.54 Å². The predicted molar refractivity (Wildman–Crippen MR) is 131 cm³/mol. The summed E-state index contributed by atoms with van der Waals surface area (Å²) < 4.78 is 0. The first-order chi connectivity index (χ1) is 13.9. The van der Waals surface area contributed by atoms with Crippen molar-refractivity contribution in [3.63, 3.8) is 0 Å². The van der Waals surface area contributed by atoms with E-state index >= 15 is 0 Å². The number of aryl methyl sites for hydroxylation is 1. The zero-order chi connectivity index (χ0) is 21.2. The Balaban J connectivity index is 0.00000450. The van der Waals surface area contributed by atoms with Gasteiger partial charge in [-0.3, -0.25) is 14.6 Å². The van der Waals surface area contributed by atoms with E-state index in [-0.39, 0.29) is 36.4 Å². The number of benzene rings is 2. The third-order valence-electron chi connectivity index (χ3n) is 4.51. The summed E-state index contributed by atoms with van der Waals surface area (Å²) in [4.78, 5) is 29.1. The maximum Gasteiger partial charge on any atom is 0.251 e. The van der Waals surface area contributed by atoms with Gasteiger partial charge in [-0.1, -0.05) is 43.3 Å². The van der Waals surface area contributed by atoms with Crippen LogP contribution in [-0.2, 0) is 24.3 Å². The Morgan fingerprint density at radius 2 is 1.53 bits per heavy atom. The van der Waals surface area contributed by atoms with Crippen LogP contribution in [0.3, 0.4) is 0 Å². The monoisotopic (exact) mass is 523 g/mol. The van der Waals surface area contributed by atoms with E-state index < -0.39 is 5.91 Å². The number of nitrogens with two attached hydrogens (primary N) is 1. The van der Waals surface area contributed by atoms with E-state index in [2.05, 4.69) is 51.7 Å². The number of nitrogens with one attached hydrogen (secondary N) is 2. The Morgan fingerprint density at radius 1 is 0.967 bits per heavy atom. The molecule has 0 aliphatic heterocycles. The molecular formula is C22H30IN5O2. The van der Waals surface area contributed by atoms with Crippen molar-refractivity contribution in [3.05, 3.63) is 70.8 Å². The first-order valence-electron chi connectivity index (χ1n) is 9.58. The van der Waals surface area contributed by atoms with Crippen LogP contribution in [0.2, 0.25) is 0 Å². The molecule has 0 aliphatic rings. The highest BCUT2D eigenvalue weighted by Crippen LogP contribution is 2.08. The number of carbonyl (C=O) groups is 2. The second-order valence-corrected chi connectivity index (χ2v) is 6.77. The van der Waals surface area contributed by atoms with Crippen LogP contribution >= 0.6 is 24.0 Å². The van der Waals surface area contributed by atoms with E-state index in [1.807, 2.05) is 19.2 Å². The van der Waals surface area contributed by atoms with Crippen LogP contribution in [0, 0.1) is 0 Å². The molecule has 4 N–H and O–H groups in total. The number of aliphatic imine (C=N–C) groups is 1. The van der Waals surface area contributed by atoms with Crippen LogP contribution in [0.1, 0.15) is 34.0 Å². The maximum atomic E-state index is 11.9. The molecule has 0 saturated heterocycles. The number of hydrogen-bond donors (Lipinski definition) is 3. The second-order valence-electron chi connectivity index (χ2n) is 6.77. The number of nitrogens with zero attached hydrogens (tertiary/aromatic N) is 2. The van der Waals surface area contributed by atoms with Crippen molar-refractivity contribution in [2.75, 3.05) is 20.6 Å². The number of hydrogen-bond acceptors (Lipinski definition) is 3. The van der Waals surface area contributed by atoms with Crippen LogP contribution in [0.5, 0.6) is 0 Å². The lowest BCUT2D eigenvalue weighted by Gasteiger charge is -2.22. The van der Waals surface area contributed by atoms with Crippen LogP contribution in [-0.4, -0.2) is 43.3 Å². The van der Waals surface area contributed by atoms with Crippen molar-refractivity contribution in [2.45, 2.75) is 26.4 Å². The van der Waals surface area contributed by atoms with Crippen molar-refractivity contribution < 1.29 is 9.59 Å². The number of amides is 2. The fourth-order valence-electron chi connectivity index (χ4n) is 2.84. The summed E-state index contributed by atoms with van der Waals surface area (Å²) in [5.41, 5.74) is 9.07. The lowest BCUT2D eigenvalue weighted by atomic mass is 10.1. The summed E-state index contributed by atoms with van der Waals surface area (Å²) in [6, 6.07) is 15.8. The van der Waals surface area contributed by atoms with E-state index in [4.69, 9.17) is 5.73 Å². The van der Waals surface area contributed by atoms with Crippen molar-refractivity contribution in [1.82, 2.24) is 15.5 Å². The third kappa shape index (κ3) is 8.02. The number of guanidine groups is 1. The van der Waals surface area contributed by atoms with Gasteiger partial charge >= 0.3 is 0 Å². The molecule has 0 bridgehead atoms. The molecule has 0 aromatic heterocycles. The molecular weight excluding hydrogens is 493 g/mol. The molecule has 7 nitrogen and oxygen atoms in total. The van der Waals surface area contributed by atoms with Gasteiger partial charge in [-0.15, -0.1) is 24.0 Å². The van der Waals surface area contributed by atoms with Gasteiger partial charge in [0.2, 0.25) is 5.91 Å². The van der Waals surface area contributed by atoms with E-state index in [9.17, 15) is 9.59 Å². The predicted octanol–water partition coefficient (Wildman–Crippen LogP) is 2.29. The first kappa shape index (κ1) is 25.4. The lowest BCUT2D eigenvalue weighted by Crippen LogP contribution is -2.38. The first-order valence-corrected chi connectivity index (χ1v) is 9.58. The largest absolute Gasteiger partial charge is 0.368 e. The molecule has 2 amide bonds. The Hall–Kier alpha value is -2.62. The van der Waals surface area contributed by atoms with Crippen LogP contribution < -0.4 is 16.4 Å². The van der Waals surface area contributed by atoms with Gasteiger partial charge in [0, 0.05) is 32.7 Å². The minimum Gasteiger partial charge on any atom is -0.368 e. The highest BCUT2D eigenvalue weighted by molar-refractivity contribution is 14.0. The van der Waals surface area contributed by atoms with Gasteiger partial charge in [0.25, 0.3) is 5.91 Å². The Kier molecular flexibility index (Phi) is 10.9. The molecule has 8 heteroatoms. The molecule has 30 heavy (non-hydrogen) atoms. The fraction of sp³-hybridized carbons (Fsp3) is 0.318. The minimum atomic E-state index is -0.573. The van der Waals surface area contributed by atoms with Gasteiger partial charge < -0.3 is 21.3 Å². The zero-order valence-electron chi connectivity index (χ0n) is 17.6.